The number of rotatable bonds is 6. The van der Waals surface area contributed by atoms with Crippen LogP contribution in [0.5, 0.6) is 11.5 Å². The van der Waals surface area contributed by atoms with Gasteiger partial charge in [0.05, 0.1) is 29.0 Å². The van der Waals surface area contributed by atoms with Crippen molar-refractivity contribution in [2.75, 3.05) is 44.8 Å². The number of amides is 1. The standard InChI is InChI=1S/C23H24N4O4S/c1-15(28)16-10-19-20(31-14-30-19)11-18(16)24-22(29)12-26-6-8-27(9-7-26)13-23-25-17-4-2-3-5-21(17)32-23/h2-5,10-11H,6-9,12-14H2,1H3,(H,24,29). The summed E-state index contributed by atoms with van der Waals surface area (Å²) in [6.07, 6.45) is 0. The van der Waals surface area contributed by atoms with Crippen LogP contribution in [0.25, 0.3) is 10.2 Å². The van der Waals surface area contributed by atoms with Crippen molar-refractivity contribution in [2.24, 2.45) is 0 Å². The predicted molar refractivity (Wildman–Crippen MR) is 123 cm³/mol. The van der Waals surface area contributed by atoms with Crippen LogP contribution in [0.2, 0.25) is 0 Å². The number of fused-ring (bicyclic) bond motifs is 2. The number of aromatic nitrogens is 1. The molecule has 0 saturated carbocycles. The first kappa shape index (κ1) is 20.9. The van der Waals surface area contributed by atoms with Crippen molar-refractivity contribution in [3.63, 3.8) is 0 Å². The fourth-order valence-corrected chi connectivity index (χ4v) is 5.02. The number of ketones is 1. The molecule has 9 heteroatoms. The molecule has 2 aromatic carbocycles. The van der Waals surface area contributed by atoms with Crippen molar-refractivity contribution in [3.05, 3.63) is 47.0 Å². The molecule has 3 aromatic rings. The van der Waals surface area contributed by atoms with Crippen LogP contribution in [0.3, 0.4) is 0 Å². The van der Waals surface area contributed by atoms with Gasteiger partial charge in [-0.2, -0.15) is 0 Å². The number of benzene rings is 2. The molecule has 1 fully saturated rings. The summed E-state index contributed by atoms with van der Waals surface area (Å²) in [5.74, 6) is 0.777. The molecule has 1 amide bonds. The van der Waals surface area contributed by atoms with Gasteiger partial charge in [-0.25, -0.2) is 4.98 Å². The minimum absolute atomic E-state index is 0.116. The lowest BCUT2D eigenvalue weighted by Gasteiger charge is -2.33. The fourth-order valence-electron chi connectivity index (χ4n) is 4.01. The Labute approximate surface area is 189 Å². The number of anilines is 1. The molecule has 0 radical (unpaired) electrons. The zero-order chi connectivity index (χ0) is 22.1. The normalized spacial score (nSPS) is 16.4. The topological polar surface area (TPSA) is 84.0 Å². The number of hydrogen-bond acceptors (Lipinski definition) is 8. The predicted octanol–water partition coefficient (Wildman–Crippen LogP) is 2.98. The molecule has 1 aromatic heterocycles. The number of carbonyl (C=O) groups is 2. The van der Waals surface area contributed by atoms with E-state index in [9.17, 15) is 9.59 Å². The molecule has 1 N–H and O–H groups in total. The monoisotopic (exact) mass is 452 g/mol. The van der Waals surface area contributed by atoms with Crippen molar-refractivity contribution in [3.8, 4) is 11.5 Å². The summed E-state index contributed by atoms with van der Waals surface area (Å²) >= 11 is 1.74. The number of Topliss-reactive ketones (excluding diaryl/α,β-unsaturated/α-hetero) is 1. The Morgan fingerprint density at radius 2 is 1.78 bits per heavy atom. The minimum atomic E-state index is -0.147. The third kappa shape index (κ3) is 4.45. The number of piperazine rings is 1. The summed E-state index contributed by atoms with van der Waals surface area (Å²) in [6.45, 7) is 6.07. The minimum Gasteiger partial charge on any atom is -0.454 e. The second-order valence-electron chi connectivity index (χ2n) is 7.98. The van der Waals surface area contributed by atoms with E-state index in [1.54, 1.807) is 23.5 Å². The van der Waals surface area contributed by atoms with Crippen molar-refractivity contribution in [2.45, 2.75) is 13.5 Å². The number of hydrogen-bond donors (Lipinski definition) is 1. The molecule has 0 bridgehead atoms. The lowest BCUT2D eigenvalue weighted by atomic mass is 10.1. The molecule has 0 spiro atoms. The van der Waals surface area contributed by atoms with E-state index in [4.69, 9.17) is 14.5 Å². The van der Waals surface area contributed by atoms with Crippen LogP contribution in [0.4, 0.5) is 5.69 Å². The largest absolute Gasteiger partial charge is 0.454 e. The maximum Gasteiger partial charge on any atom is 0.238 e. The lowest BCUT2D eigenvalue weighted by molar-refractivity contribution is -0.117. The third-order valence-corrected chi connectivity index (χ3v) is 6.72. The molecule has 32 heavy (non-hydrogen) atoms. The van der Waals surface area contributed by atoms with E-state index in [0.29, 0.717) is 22.7 Å². The first-order valence-electron chi connectivity index (χ1n) is 10.6. The highest BCUT2D eigenvalue weighted by atomic mass is 32.1. The Morgan fingerprint density at radius 3 is 2.53 bits per heavy atom. The van der Waals surface area contributed by atoms with Gasteiger partial charge in [-0.3, -0.25) is 19.4 Å². The molecular weight excluding hydrogens is 428 g/mol. The molecular formula is C23H24N4O4S. The second kappa shape index (κ2) is 8.85. The summed E-state index contributed by atoms with van der Waals surface area (Å²) in [6, 6.07) is 11.5. The quantitative estimate of drug-likeness (QED) is 0.576. The zero-order valence-electron chi connectivity index (χ0n) is 17.8. The Kier molecular flexibility index (Phi) is 5.77. The zero-order valence-corrected chi connectivity index (χ0v) is 18.6. The third-order valence-electron chi connectivity index (χ3n) is 5.70. The average Bonchev–Trinajstić information content (AvgIpc) is 3.40. The number of thiazole rings is 1. The maximum absolute atomic E-state index is 12.7. The smallest absolute Gasteiger partial charge is 0.238 e. The van der Waals surface area contributed by atoms with Gasteiger partial charge in [-0.15, -0.1) is 11.3 Å². The van der Waals surface area contributed by atoms with E-state index >= 15 is 0 Å². The summed E-state index contributed by atoms with van der Waals surface area (Å²) < 4.78 is 11.9. The molecule has 0 unspecified atom stereocenters. The van der Waals surface area contributed by atoms with Crippen LogP contribution in [-0.2, 0) is 11.3 Å². The fraction of sp³-hybridized carbons (Fsp3) is 0.348. The Balaban J connectivity index is 1.15. The van der Waals surface area contributed by atoms with Crippen molar-refractivity contribution in [1.29, 1.82) is 0 Å². The molecule has 166 valence electrons. The molecule has 3 heterocycles. The summed E-state index contributed by atoms with van der Waals surface area (Å²) in [5, 5.41) is 4.00. The van der Waals surface area contributed by atoms with Crippen molar-refractivity contribution < 1.29 is 19.1 Å². The van der Waals surface area contributed by atoms with Gasteiger partial charge in [-0.1, -0.05) is 12.1 Å². The van der Waals surface area contributed by atoms with Gasteiger partial charge >= 0.3 is 0 Å². The molecule has 0 aliphatic carbocycles. The van der Waals surface area contributed by atoms with Gasteiger partial charge in [0.25, 0.3) is 0 Å². The van der Waals surface area contributed by atoms with Gasteiger partial charge in [0, 0.05) is 37.8 Å². The van der Waals surface area contributed by atoms with E-state index in [0.717, 1.165) is 43.2 Å². The molecule has 2 aliphatic rings. The van der Waals surface area contributed by atoms with Gasteiger partial charge < -0.3 is 14.8 Å². The first-order valence-corrected chi connectivity index (χ1v) is 11.4. The number of nitrogens with one attached hydrogen (secondary N) is 1. The summed E-state index contributed by atoms with van der Waals surface area (Å²) in [7, 11) is 0. The van der Waals surface area contributed by atoms with Crippen LogP contribution < -0.4 is 14.8 Å². The average molecular weight is 453 g/mol. The van der Waals surface area contributed by atoms with Crippen LogP contribution in [-0.4, -0.2) is 66.0 Å². The van der Waals surface area contributed by atoms with E-state index in [1.165, 1.54) is 11.6 Å². The summed E-state index contributed by atoms with van der Waals surface area (Å²) in [5.41, 5.74) is 1.93. The second-order valence-corrected chi connectivity index (χ2v) is 9.10. The number of para-hydroxylation sites is 1. The van der Waals surface area contributed by atoms with Crippen LogP contribution >= 0.6 is 11.3 Å². The Bertz CT molecular complexity index is 1140. The van der Waals surface area contributed by atoms with Gasteiger partial charge in [-0.05, 0) is 25.1 Å². The van der Waals surface area contributed by atoms with Crippen LogP contribution in [0.15, 0.2) is 36.4 Å². The number of carbonyl (C=O) groups excluding carboxylic acids is 2. The van der Waals surface area contributed by atoms with E-state index in [2.05, 4.69) is 21.2 Å². The van der Waals surface area contributed by atoms with Crippen LogP contribution in [0.1, 0.15) is 22.3 Å². The van der Waals surface area contributed by atoms with Gasteiger partial charge in [0.15, 0.2) is 17.3 Å². The van der Waals surface area contributed by atoms with E-state index in [-0.39, 0.29) is 25.0 Å². The highest BCUT2D eigenvalue weighted by Crippen LogP contribution is 2.37. The van der Waals surface area contributed by atoms with Crippen LogP contribution in [0, 0.1) is 0 Å². The summed E-state index contributed by atoms with van der Waals surface area (Å²) in [4.78, 5) is 33.9. The number of nitrogens with zero attached hydrogens (tertiary/aromatic N) is 3. The Hall–Kier alpha value is -3.01. The Morgan fingerprint density at radius 1 is 1.06 bits per heavy atom. The number of ether oxygens (including phenoxy) is 2. The molecule has 0 atom stereocenters. The van der Waals surface area contributed by atoms with Gasteiger partial charge in [0.2, 0.25) is 12.7 Å². The van der Waals surface area contributed by atoms with E-state index < -0.39 is 0 Å². The SMILES string of the molecule is CC(=O)c1cc2c(cc1NC(=O)CN1CCN(Cc3nc4ccccc4s3)CC1)OCO2. The molecule has 8 nitrogen and oxygen atoms in total. The molecule has 1 saturated heterocycles. The first-order chi connectivity index (χ1) is 15.5. The highest BCUT2D eigenvalue weighted by molar-refractivity contribution is 7.18. The lowest BCUT2D eigenvalue weighted by Crippen LogP contribution is -2.48. The van der Waals surface area contributed by atoms with Crippen molar-refractivity contribution >= 4 is 38.9 Å². The van der Waals surface area contributed by atoms with Crippen molar-refractivity contribution in [1.82, 2.24) is 14.8 Å². The maximum atomic E-state index is 12.7. The molecule has 2 aliphatic heterocycles. The highest BCUT2D eigenvalue weighted by Gasteiger charge is 2.23. The molecule has 5 rings (SSSR count). The van der Waals surface area contributed by atoms with E-state index in [1.807, 2.05) is 18.2 Å². The van der Waals surface area contributed by atoms with Gasteiger partial charge in [0.1, 0.15) is 5.01 Å².